The topological polar surface area (TPSA) is 63.3 Å². The first kappa shape index (κ1) is 6.55. The van der Waals surface area contributed by atoms with Crippen molar-refractivity contribution in [2.24, 2.45) is 11.1 Å². The predicted molar refractivity (Wildman–Crippen MR) is 33.0 cm³/mol. The van der Waals surface area contributed by atoms with Crippen molar-refractivity contribution in [3.63, 3.8) is 0 Å². The first-order chi connectivity index (χ1) is 4.04. The number of carboxylic acids is 1. The molecule has 0 heterocycles. The molecule has 1 saturated carbocycles. The highest BCUT2D eigenvalue weighted by atomic mass is 16.4. The third-order valence-corrected chi connectivity index (χ3v) is 1.94. The molecule has 1 rings (SSSR count). The van der Waals surface area contributed by atoms with Crippen molar-refractivity contribution >= 4 is 5.97 Å². The Hall–Kier alpha value is -0.570. The number of rotatable bonds is 1. The molecule has 52 valence electrons. The average Bonchev–Trinajstić information content (AvgIpc) is 1.62. The van der Waals surface area contributed by atoms with Crippen LogP contribution >= 0.6 is 0 Å². The van der Waals surface area contributed by atoms with Crippen LogP contribution in [0.4, 0.5) is 0 Å². The molecule has 1 fully saturated rings. The molecular weight excluding hydrogens is 118 g/mol. The zero-order chi connectivity index (χ0) is 7.07. The van der Waals surface area contributed by atoms with Gasteiger partial charge in [-0.05, 0) is 19.8 Å². The molecule has 0 atom stereocenters. The lowest BCUT2D eigenvalue weighted by Crippen LogP contribution is -2.48. The molecule has 0 saturated heterocycles. The van der Waals surface area contributed by atoms with E-state index in [-0.39, 0.29) is 6.04 Å². The maximum Gasteiger partial charge on any atom is 0.309 e. The first-order valence-electron chi connectivity index (χ1n) is 3.03. The average molecular weight is 129 g/mol. The standard InChI is InChI=1S/C6H11NO2/c1-6(5(8)9)2-4(7)3-6/h4H,2-3,7H2,1H3,(H,8,9)/t4-,6+. The van der Waals surface area contributed by atoms with Crippen molar-refractivity contribution in [3.05, 3.63) is 0 Å². The van der Waals surface area contributed by atoms with Crippen molar-refractivity contribution in [1.29, 1.82) is 0 Å². The molecule has 9 heavy (non-hydrogen) atoms. The van der Waals surface area contributed by atoms with Gasteiger partial charge >= 0.3 is 5.97 Å². The molecule has 1 aliphatic rings. The molecule has 3 N–H and O–H groups in total. The van der Waals surface area contributed by atoms with Gasteiger partial charge in [0.1, 0.15) is 0 Å². The molecule has 0 spiro atoms. The van der Waals surface area contributed by atoms with Crippen LogP contribution in [0.25, 0.3) is 0 Å². The Balaban J connectivity index is 2.50. The Morgan fingerprint density at radius 1 is 1.78 bits per heavy atom. The van der Waals surface area contributed by atoms with Gasteiger partial charge in [-0.25, -0.2) is 0 Å². The van der Waals surface area contributed by atoms with E-state index < -0.39 is 11.4 Å². The van der Waals surface area contributed by atoms with E-state index in [0.29, 0.717) is 12.8 Å². The highest BCUT2D eigenvalue weighted by Gasteiger charge is 2.44. The van der Waals surface area contributed by atoms with Crippen molar-refractivity contribution in [2.75, 3.05) is 0 Å². The van der Waals surface area contributed by atoms with E-state index in [1.54, 1.807) is 6.92 Å². The number of nitrogens with two attached hydrogens (primary N) is 1. The second kappa shape index (κ2) is 1.70. The van der Waals surface area contributed by atoms with Gasteiger partial charge in [-0.3, -0.25) is 4.79 Å². The van der Waals surface area contributed by atoms with Gasteiger partial charge in [-0.1, -0.05) is 0 Å². The Bertz CT molecular complexity index is 138. The SMILES string of the molecule is C[C@]1(C(=O)O)C[C@@H](N)C1. The summed E-state index contributed by atoms with van der Waals surface area (Å²) in [7, 11) is 0. The van der Waals surface area contributed by atoms with Gasteiger partial charge in [-0.15, -0.1) is 0 Å². The van der Waals surface area contributed by atoms with Crippen LogP contribution in [0.2, 0.25) is 0 Å². The van der Waals surface area contributed by atoms with E-state index in [9.17, 15) is 4.79 Å². The summed E-state index contributed by atoms with van der Waals surface area (Å²) in [6.45, 7) is 1.73. The molecule has 3 heteroatoms. The number of carboxylic acid groups (broad SMARTS) is 1. The fourth-order valence-corrected chi connectivity index (χ4v) is 1.27. The van der Waals surface area contributed by atoms with Crippen molar-refractivity contribution < 1.29 is 9.90 Å². The smallest absolute Gasteiger partial charge is 0.309 e. The lowest BCUT2D eigenvalue weighted by molar-refractivity contribution is -0.153. The maximum atomic E-state index is 10.4. The quantitative estimate of drug-likeness (QED) is 0.531. The minimum Gasteiger partial charge on any atom is -0.481 e. The van der Waals surface area contributed by atoms with E-state index in [4.69, 9.17) is 10.8 Å². The monoisotopic (exact) mass is 129 g/mol. The van der Waals surface area contributed by atoms with E-state index in [1.807, 2.05) is 0 Å². The summed E-state index contributed by atoms with van der Waals surface area (Å²) in [6.07, 6.45) is 1.25. The van der Waals surface area contributed by atoms with E-state index in [1.165, 1.54) is 0 Å². The highest BCUT2D eigenvalue weighted by molar-refractivity contribution is 5.75. The van der Waals surface area contributed by atoms with Crippen LogP contribution < -0.4 is 5.73 Å². The lowest BCUT2D eigenvalue weighted by atomic mass is 9.67. The lowest BCUT2D eigenvalue weighted by Gasteiger charge is -2.39. The summed E-state index contributed by atoms with van der Waals surface area (Å²) < 4.78 is 0. The molecule has 0 aromatic rings. The van der Waals surface area contributed by atoms with Gasteiger partial charge in [0.25, 0.3) is 0 Å². The molecule has 0 bridgehead atoms. The van der Waals surface area contributed by atoms with Gasteiger partial charge in [0.2, 0.25) is 0 Å². The molecule has 0 aliphatic heterocycles. The maximum absolute atomic E-state index is 10.4. The zero-order valence-electron chi connectivity index (χ0n) is 5.42. The number of aliphatic carboxylic acids is 1. The van der Waals surface area contributed by atoms with E-state index in [0.717, 1.165) is 0 Å². The fourth-order valence-electron chi connectivity index (χ4n) is 1.27. The molecule has 0 aromatic carbocycles. The number of carbonyl (C=O) groups is 1. The Morgan fingerprint density at radius 2 is 2.22 bits per heavy atom. The van der Waals surface area contributed by atoms with Gasteiger partial charge in [0.05, 0.1) is 5.41 Å². The largest absolute Gasteiger partial charge is 0.481 e. The predicted octanol–water partition coefficient (Wildman–Crippen LogP) is 0.198. The normalized spacial score (nSPS) is 41.8. The minimum absolute atomic E-state index is 0.117. The van der Waals surface area contributed by atoms with Crippen LogP contribution in [0.5, 0.6) is 0 Å². The van der Waals surface area contributed by atoms with Gasteiger partial charge in [0, 0.05) is 6.04 Å². The van der Waals surface area contributed by atoms with Crippen LogP contribution in [0.3, 0.4) is 0 Å². The van der Waals surface area contributed by atoms with Crippen molar-refractivity contribution in [2.45, 2.75) is 25.8 Å². The second-order valence-electron chi connectivity index (χ2n) is 3.03. The molecule has 0 aromatic heterocycles. The highest BCUT2D eigenvalue weighted by Crippen LogP contribution is 2.39. The molecular formula is C6H11NO2. The Labute approximate surface area is 53.9 Å². The van der Waals surface area contributed by atoms with Crippen LogP contribution in [0.1, 0.15) is 19.8 Å². The van der Waals surface area contributed by atoms with Crippen LogP contribution in [-0.4, -0.2) is 17.1 Å². The van der Waals surface area contributed by atoms with Crippen LogP contribution in [0.15, 0.2) is 0 Å². The van der Waals surface area contributed by atoms with Gasteiger partial charge < -0.3 is 10.8 Å². The summed E-state index contributed by atoms with van der Waals surface area (Å²) in [4.78, 5) is 10.4. The van der Waals surface area contributed by atoms with Crippen molar-refractivity contribution in [3.8, 4) is 0 Å². The molecule has 1 aliphatic carbocycles. The summed E-state index contributed by atoms with van der Waals surface area (Å²) >= 11 is 0. The Morgan fingerprint density at radius 3 is 2.33 bits per heavy atom. The van der Waals surface area contributed by atoms with Gasteiger partial charge in [0.15, 0.2) is 0 Å². The molecule has 0 radical (unpaired) electrons. The third-order valence-electron chi connectivity index (χ3n) is 1.94. The fraction of sp³-hybridized carbons (Fsp3) is 0.833. The van der Waals surface area contributed by atoms with Crippen LogP contribution in [-0.2, 0) is 4.79 Å². The van der Waals surface area contributed by atoms with Crippen molar-refractivity contribution in [1.82, 2.24) is 0 Å². The van der Waals surface area contributed by atoms with E-state index >= 15 is 0 Å². The zero-order valence-corrected chi connectivity index (χ0v) is 5.42. The Kier molecular flexibility index (Phi) is 1.24. The summed E-state index contributed by atoms with van der Waals surface area (Å²) in [5.41, 5.74) is 4.91. The van der Waals surface area contributed by atoms with Gasteiger partial charge in [-0.2, -0.15) is 0 Å². The molecule has 3 nitrogen and oxygen atoms in total. The molecule has 0 amide bonds. The number of hydrogen-bond donors (Lipinski definition) is 2. The van der Waals surface area contributed by atoms with E-state index in [2.05, 4.69) is 0 Å². The summed E-state index contributed by atoms with van der Waals surface area (Å²) in [6, 6.07) is 0.117. The number of hydrogen-bond acceptors (Lipinski definition) is 2. The molecule has 0 unspecified atom stereocenters. The second-order valence-corrected chi connectivity index (χ2v) is 3.03. The summed E-state index contributed by atoms with van der Waals surface area (Å²) in [5.74, 6) is -0.718. The van der Waals surface area contributed by atoms with Crippen LogP contribution in [0, 0.1) is 5.41 Å². The summed E-state index contributed by atoms with van der Waals surface area (Å²) in [5, 5.41) is 8.55. The minimum atomic E-state index is -0.718. The third kappa shape index (κ3) is 0.920. The first-order valence-corrected chi connectivity index (χ1v) is 3.03.